The lowest BCUT2D eigenvalue weighted by atomic mass is 9.76. The Morgan fingerprint density at radius 1 is 1.16 bits per heavy atom. The van der Waals surface area contributed by atoms with Crippen molar-refractivity contribution >= 4 is 0 Å². The Balaban J connectivity index is 1.94. The monoisotopic (exact) mass is 266 g/mol. The highest BCUT2D eigenvalue weighted by Gasteiger charge is 2.33. The number of piperidine rings is 1. The minimum Gasteiger partial charge on any atom is -0.317 e. The number of hydrogen-bond acceptors (Lipinski definition) is 2. The van der Waals surface area contributed by atoms with Crippen LogP contribution in [0.25, 0.3) is 0 Å². The van der Waals surface area contributed by atoms with Gasteiger partial charge in [0.2, 0.25) is 0 Å². The second kappa shape index (κ2) is 7.08. The molecular formula is C17H34N2. The van der Waals surface area contributed by atoms with Gasteiger partial charge in [0.25, 0.3) is 0 Å². The zero-order valence-corrected chi connectivity index (χ0v) is 13.5. The van der Waals surface area contributed by atoms with Crippen molar-refractivity contribution < 1.29 is 0 Å². The van der Waals surface area contributed by atoms with Crippen LogP contribution in [0.5, 0.6) is 0 Å². The highest BCUT2D eigenvalue weighted by atomic mass is 15.2. The van der Waals surface area contributed by atoms with E-state index in [2.05, 4.69) is 38.0 Å². The lowest BCUT2D eigenvalue weighted by Gasteiger charge is -2.43. The van der Waals surface area contributed by atoms with Crippen molar-refractivity contribution in [1.82, 2.24) is 10.2 Å². The second-order valence-corrected chi connectivity index (χ2v) is 7.10. The number of rotatable bonds is 4. The van der Waals surface area contributed by atoms with Crippen molar-refractivity contribution in [3.8, 4) is 0 Å². The van der Waals surface area contributed by atoms with E-state index in [0.29, 0.717) is 0 Å². The molecule has 1 aliphatic carbocycles. The first-order valence-electron chi connectivity index (χ1n) is 8.57. The normalized spacial score (nSPS) is 41.4. The molecule has 1 aliphatic heterocycles. The summed E-state index contributed by atoms with van der Waals surface area (Å²) in [5, 5.41) is 3.59. The molecule has 1 saturated carbocycles. The molecule has 0 aromatic heterocycles. The summed E-state index contributed by atoms with van der Waals surface area (Å²) in [5.74, 6) is 2.73. The Morgan fingerprint density at radius 3 is 2.63 bits per heavy atom. The van der Waals surface area contributed by atoms with Gasteiger partial charge in [-0.05, 0) is 70.4 Å². The summed E-state index contributed by atoms with van der Waals surface area (Å²) in [6.07, 6.45) is 8.47. The fourth-order valence-corrected chi connectivity index (χ4v) is 4.29. The van der Waals surface area contributed by atoms with Crippen LogP contribution in [0, 0.1) is 17.8 Å². The first-order chi connectivity index (χ1) is 9.15. The highest BCUT2D eigenvalue weighted by Crippen LogP contribution is 2.33. The summed E-state index contributed by atoms with van der Waals surface area (Å²) in [6, 6.07) is 1.54. The molecule has 5 unspecified atom stereocenters. The van der Waals surface area contributed by atoms with E-state index < -0.39 is 0 Å². The van der Waals surface area contributed by atoms with Crippen LogP contribution in [-0.4, -0.2) is 37.1 Å². The molecule has 1 saturated heterocycles. The summed E-state index contributed by atoms with van der Waals surface area (Å²) in [5.41, 5.74) is 0. The molecule has 2 aliphatic rings. The Kier molecular flexibility index (Phi) is 5.70. The Morgan fingerprint density at radius 2 is 1.95 bits per heavy atom. The zero-order valence-electron chi connectivity index (χ0n) is 13.5. The summed E-state index contributed by atoms with van der Waals surface area (Å²) >= 11 is 0. The minimum absolute atomic E-state index is 0.757. The Hall–Kier alpha value is -0.0800. The molecule has 0 bridgehead atoms. The third-order valence-electron chi connectivity index (χ3n) is 6.01. The summed E-state index contributed by atoms with van der Waals surface area (Å²) in [7, 11) is 2.16. The number of hydrogen-bond donors (Lipinski definition) is 1. The lowest BCUT2D eigenvalue weighted by Crippen LogP contribution is -2.50. The molecule has 19 heavy (non-hydrogen) atoms. The molecule has 2 rings (SSSR count). The fourth-order valence-electron chi connectivity index (χ4n) is 4.29. The van der Waals surface area contributed by atoms with Crippen LogP contribution >= 0.6 is 0 Å². The van der Waals surface area contributed by atoms with E-state index in [1.165, 1.54) is 51.6 Å². The maximum absolute atomic E-state index is 3.59. The minimum atomic E-state index is 0.757. The van der Waals surface area contributed by atoms with Gasteiger partial charge >= 0.3 is 0 Å². The van der Waals surface area contributed by atoms with E-state index in [1.807, 2.05) is 0 Å². The van der Waals surface area contributed by atoms with Gasteiger partial charge in [-0.1, -0.05) is 20.3 Å². The number of nitrogens with one attached hydrogen (secondary N) is 1. The van der Waals surface area contributed by atoms with Gasteiger partial charge in [0.05, 0.1) is 0 Å². The third kappa shape index (κ3) is 3.72. The van der Waals surface area contributed by atoms with Crippen molar-refractivity contribution in [2.45, 2.75) is 71.4 Å². The SMILES string of the molecule is CCC1CCC(NC)C(CN2CCCC(C)C2C)C1. The Bertz CT molecular complexity index is 266. The van der Waals surface area contributed by atoms with Gasteiger partial charge in [0.15, 0.2) is 0 Å². The molecule has 0 aromatic rings. The van der Waals surface area contributed by atoms with Crippen molar-refractivity contribution in [1.29, 1.82) is 0 Å². The molecule has 112 valence electrons. The average Bonchev–Trinajstić information content (AvgIpc) is 2.43. The first kappa shape index (κ1) is 15.3. The molecule has 2 fully saturated rings. The van der Waals surface area contributed by atoms with E-state index in [4.69, 9.17) is 0 Å². The van der Waals surface area contributed by atoms with Crippen LogP contribution in [0.3, 0.4) is 0 Å². The predicted molar refractivity (Wildman–Crippen MR) is 83.4 cm³/mol. The third-order valence-corrected chi connectivity index (χ3v) is 6.01. The zero-order chi connectivity index (χ0) is 13.8. The van der Waals surface area contributed by atoms with E-state index in [0.717, 1.165) is 29.8 Å². The fraction of sp³-hybridized carbons (Fsp3) is 1.00. The van der Waals surface area contributed by atoms with Crippen LogP contribution < -0.4 is 5.32 Å². The van der Waals surface area contributed by atoms with E-state index >= 15 is 0 Å². The first-order valence-corrected chi connectivity index (χ1v) is 8.57. The summed E-state index contributed by atoms with van der Waals surface area (Å²) < 4.78 is 0. The lowest BCUT2D eigenvalue weighted by molar-refractivity contribution is 0.0679. The smallest absolute Gasteiger partial charge is 0.0105 e. The topological polar surface area (TPSA) is 15.3 Å². The molecule has 0 spiro atoms. The van der Waals surface area contributed by atoms with Gasteiger partial charge < -0.3 is 10.2 Å². The molecule has 0 aromatic carbocycles. The van der Waals surface area contributed by atoms with Crippen LogP contribution in [0.15, 0.2) is 0 Å². The maximum atomic E-state index is 3.59. The average molecular weight is 266 g/mol. The largest absolute Gasteiger partial charge is 0.317 e. The molecule has 1 heterocycles. The van der Waals surface area contributed by atoms with E-state index in [1.54, 1.807) is 0 Å². The van der Waals surface area contributed by atoms with Crippen molar-refractivity contribution in [3.05, 3.63) is 0 Å². The van der Waals surface area contributed by atoms with Gasteiger partial charge in [-0.25, -0.2) is 0 Å². The van der Waals surface area contributed by atoms with Crippen LogP contribution in [0.1, 0.15) is 59.3 Å². The number of likely N-dealkylation sites (tertiary alicyclic amines) is 1. The predicted octanol–water partition coefficient (Wildman–Crippen LogP) is 3.52. The maximum Gasteiger partial charge on any atom is 0.0105 e. The van der Waals surface area contributed by atoms with Gasteiger partial charge in [0.1, 0.15) is 0 Å². The van der Waals surface area contributed by atoms with E-state index in [9.17, 15) is 0 Å². The molecule has 1 N–H and O–H groups in total. The van der Waals surface area contributed by atoms with Crippen LogP contribution in [0.4, 0.5) is 0 Å². The standard InChI is InChI=1S/C17H34N2/c1-5-15-8-9-17(18-4)16(11-15)12-19-10-6-7-13(2)14(19)3/h13-18H,5-12H2,1-4H3. The van der Waals surface area contributed by atoms with Crippen LogP contribution in [-0.2, 0) is 0 Å². The second-order valence-electron chi connectivity index (χ2n) is 7.10. The van der Waals surface area contributed by atoms with Gasteiger partial charge in [-0.3, -0.25) is 0 Å². The molecule has 2 nitrogen and oxygen atoms in total. The Labute approximate surface area is 120 Å². The summed E-state index contributed by atoms with van der Waals surface area (Å²) in [4.78, 5) is 2.78. The quantitative estimate of drug-likeness (QED) is 0.837. The molecule has 0 radical (unpaired) electrons. The summed E-state index contributed by atoms with van der Waals surface area (Å²) in [6.45, 7) is 9.90. The van der Waals surface area contributed by atoms with Crippen LogP contribution in [0.2, 0.25) is 0 Å². The number of nitrogens with zero attached hydrogens (tertiary/aromatic N) is 1. The molecule has 0 amide bonds. The van der Waals surface area contributed by atoms with Gasteiger partial charge in [0, 0.05) is 18.6 Å². The van der Waals surface area contributed by atoms with Crippen molar-refractivity contribution in [2.24, 2.45) is 17.8 Å². The van der Waals surface area contributed by atoms with Crippen molar-refractivity contribution in [2.75, 3.05) is 20.1 Å². The molecular weight excluding hydrogens is 232 g/mol. The van der Waals surface area contributed by atoms with Crippen molar-refractivity contribution in [3.63, 3.8) is 0 Å². The highest BCUT2D eigenvalue weighted by molar-refractivity contribution is 4.88. The van der Waals surface area contributed by atoms with Gasteiger partial charge in [-0.2, -0.15) is 0 Å². The van der Waals surface area contributed by atoms with Gasteiger partial charge in [-0.15, -0.1) is 0 Å². The molecule has 5 atom stereocenters. The molecule has 2 heteroatoms. The van der Waals surface area contributed by atoms with E-state index in [-0.39, 0.29) is 0 Å².